The number of aromatic nitrogens is 2. The summed E-state index contributed by atoms with van der Waals surface area (Å²) in [6, 6.07) is 8.26. The fourth-order valence-electron chi connectivity index (χ4n) is 2.07. The SMILES string of the molecule is CCC(O)CNCc1nn(CC)c2ccccc12. The van der Waals surface area contributed by atoms with Gasteiger partial charge in [0.2, 0.25) is 0 Å². The summed E-state index contributed by atoms with van der Waals surface area (Å²) in [5.41, 5.74) is 2.23. The molecule has 2 N–H and O–H groups in total. The Morgan fingerprint density at radius 3 is 2.83 bits per heavy atom. The summed E-state index contributed by atoms with van der Waals surface area (Å²) in [5, 5.41) is 18.6. The number of fused-ring (bicyclic) bond motifs is 1. The number of aryl methyl sites for hydroxylation is 1. The van der Waals surface area contributed by atoms with Gasteiger partial charge < -0.3 is 10.4 Å². The first-order chi connectivity index (χ1) is 8.76. The van der Waals surface area contributed by atoms with Crippen molar-refractivity contribution in [3.05, 3.63) is 30.0 Å². The number of rotatable bonds is 6. The summed E-state index contributed by atoms with van der Waals surface area (Å²) in [6.45, 7) is 6.26. The predicted octanol–water partition coefficient (Wildman–Crippen LogP) is 1.92. The number of aliphatic hydroxyl groups is 1. The molecule has 0 radical (unpaired) electrons. The number of nitrogens with one attached hydrogen (secondary N) is 1. The summed E-state index contributed by atoms with van der Waals surface area (Å²) in [6.07, 6.45) is 0.501. The van der Waals surface area contributed by atoms with Crippen LogP contribution >= 0.6 is 0 Å². The molecule has 1 heterocycles. The largest absolute Gasteiger partial charge is 0.392 e. The van der Waals surface area contributed by atoms with Gasteiger partial charge >= 0.3 is 0 Å². The molecule has 0 aliphatic carbocycles. The van der Waals surface area contributed by atoms with Gasteiger partial charge in [-0.2, -0.15) is 5.10 Å². The summed E-state index contributed by atoms with van der Waals surface area (Å²) in [4.78, 5) is 0. The minimum atomic E-state index is -0.274. The first-order valence-electron chi connectivity index (χ1n) is 6.59. The number of benzene rings is 1. The van der Waals surface area contributed by atoms with Gasteiger partial charge in [0.05, 0.1) is 17.3 Å². The third-order valence-electron chi connectivity index (χ3n) is 3.18. The van der Waals surface area contributed by atoms with Crippen LogP contribution in [0.5, 0.6) is 0 Å². The van der Waals surface area contributed by atoms with E-state index >= 15 is 0 Å². The van der Waals surface area contributed by atoms with Crippen molar-refractivity contribution in [1.29, 1.82) is 0 Å². The Bertz CT molecular complexity index is 507. The van der Waals surface area contributed by atoms with Crippen LogP contribution in [0.3, 0.4) is 0 Å². The van der Waals surface area contributed by atoms with E-state index in [9.17, 15) is 5.11 Å². The van der Waals surface area contributed by atoms with Crippen LogP contribution in [-0.2, 0) is 13.1 Å². The van der Waals surface area contributed by atoms with Crippen molar-refractivity contribution in [2.75, 3.05) is 6.54 Å². The normalized spacial score (nSPS) is 13.1. The molecule has 1 aromatic heterocycles. The molecule has 98 valence electrons. The van der Waals surface area contributed by atoms with E-state index in [0.29, 0.717) is 13.1 Å². The van der Waals surface area contributed by atoms with Crippen molar-refractivity contribution < 1.29 is 5.11 Å². The number of hydrogen-bond acceptors (Lipinski definition) is 3. The molecule has 0 aliphatic rings. The zero-order valence-electron chi connectivity index (χ0n) is 11.1. The molecule has 0 saturated carbocycles. The Morgan fingerprint density at radius 2 is 2.11 bits per heavy atom. The van der Waals surface area contributed by atoms with Gasteiger partial charge in [-0.05, 0) is 19.4 Å². The third-order valence-corrected chi connectivity index (χ3v) is 3.18. The van der Waals surface area contributed by atoms with Crippen molar-refractivity contribution in [3.63, 3.8) is 0 Å². The van der Waals surface area contributed by atoms with Crippen LogP contribution in [0, 0.1) is 0 Å². The third kappa shape index (κ3) is 2.71. The van der Waals surface area contributed by atoms with Gasteiger partial charge in [-0.25, -0.2) is 0 Å². The average molecular weight is 247 g/mol. The highest BCUT2D eigenvalue weighted by Crippen LogP contribution is 2.18. The van der Waals surface area contributed by atoms with Gasteiger partial charge in [0.15, 0.2) is 0 Å². The predicted molar refractivity (Wildman–Crippen MR) is 73.4 cm³/mol. The highest BCUT2D eigenvalue weighted by Gasteiger charge is 2.09. The van der Waals surface area contributed by atoms with Crippen molar-refractivity contribution in [1.82, 2.24) is 15.1 Å². The highest BCUT2D eigenvalue weighted by molar-refractivity contribution is 5.81. The van der Waals surface area contributed by atoms with Crippen LogP contribution in [0.25, 0.3) is 10.9 Å². The Morgan fingerprint density at radius 1 is 1.33 bits per heavy atom. The van der Waals surface area contributed by atoms with E-state index in [1.165, 1.54) is 10.9 Å². The monoisotopic (exact) mass is 247 g/mol. The van der Waals surface area contributed by atoms with Gasteiger partial charge in [0.1, 0.15) is 0 Å². The van der Waals surface area contributed by atoms with E-state index in [-0.39, 0.29) is 6.10 Å². The van der Waals surface area contributed by atoms with E-state index in [1.54, 1.807) is 0 Å². The lowest BCUT2D eigenvalue weighted by Gasteiger charge is -2.07. The Balaban J connectivity index is 2.13. The summed E-state index contributed by atoms with van der Waals surface area (Å²) < 4.78 is 2.02. The molecule has 1 aromatic carbocycles. The molecule has 0 saturated heterocycles. The lowest BCUT2D eigenvalue weighted by Crippen LogP contribution is -2.25. The van der Waals surface area contributed by atoms with Gasteiger partial charge in [0, 0.05) is 25.0 Å². The molecule has 1 unspecified atom stereocenters. The molecule has 0 spiro atoms. The molecule has 1 atom stereocenters. The maximum atomic E-state index is 9.51. The quantitative estimate of drug-likeness (QED) is 0.820. The Hall–Kier alpha value is -1.39. The van der Waals surface area contributed by atoms with Crippen LogP contribution in [0.2, 0.25) is 0 Å². The lowest BCUT2D eigenvalue weighted by atomic mass is 10.2. The minimum Gasteiger partial charge on any atom is -0.392 e. The van der Waals surface area contributed by atoms with Crippen LogP contribution in [0.1, 0.15) is 26.0 Å². The van der Waals surface area contributed by atoms with E-state index in [1.807, 2.05) is 23.7 Å². The van der Waals surface area contributed by atoms with Crippen molar-refractivity contribution >= 4 is 10.9 Å². The van der Waals surface area contributed by atoms with Gasteiger partial charge in [-0.1, -0.05) is 25.1 Å². The topological polar surface area (TPSA) is 50.1 Å². The molecular formula is C14H21N3O. The number of nitrogens with zero attached hydrogens (tertiary/aromatic N) is 2. The maximum Gasteiger partial charge on any atom is 0.0841 e. The molecule has 4 nitrogen and oxygen atoms in total. The van der Waals surface area contributed by atoms with E-state index in [4.69, 9.17) is 0 Å². The van der Waals surface area contributed by atoms with E-state index in [2.05, 4.69) is 29.5 Å². The fraction of sp³-hybridized carbons (Fsp3) is 0.500. The lowest BCUT2D eigenvalue weighted by molar-refractivity contribution is 0.167. The second-order valence-electron chi connectivity index (χ2n) is 4.47. The van der Waals surface area contributed by atoms with Gasteiger partial charge in [-0.15, -0.1) is 0 Å². The fourth-order valence-corrected chi connectivity index (χ4v) is 2.07. The first-order valence-corrected chi connectivity index (χ1v) is 6.59. The zero-order chi connectivity index (χ0) is 13.0. The van der Waals surface area contributed by atoms with Gasteiger partial charge in [-0.3, -0.25) is 4.68 Å². The summed E-state index contributed by atoms with van der Waals surface area (Å²) in [5.74, 6) is 0. The number of para-hydroxylation sites is 1. The molecular weight excluding hydrogens is 226 g/mol. The molecule has 18 heavy (non-hydrogen) atoms. The molecule has 0 amide bonds. The van der Waals surface area contributed by atoms with E-state index in [0.717, 1.165) is 18.7 Å². The second kappa shape index (κ2) is 5.98. The Kier molecular flexibility index (Phi) is 4.33. The highest BCUT2D eigenvalue weighted by atomic mass is 16.3. The van der Waals surface area contributed by atoms with Crippen LogP contribution in [0.4, 0.5) is 0 Å². The van der Waals surface area contributed by atoms with E-state index < -0.39 is 0 Å². The van der Waals surface area contributed by atoms with Gasteiger partial charge in [0.25, 0.3) is 0 Å². The van der Waals surface area contributed by atoms with Crippen LogP contribution < -0.4 is 5.32 Å². The smallest absolute Gasteiger partial charge is 0.0841 e. The van der Waals surface area contributed by atoms with Crippen LogP contribution in [-0.4, -0.2) is 27.5 Å². The standard InChI is InChI=1S/C14H21N3O/c1-3-11(18)9-15-10-13-12-7-5-6-8-14(12)17(4-2)16-13/h5-8,11,15,18H,3-4,9-10H2,1-2H3. The number of hydrogen-bond donors (Lipinski definition) is 2. The molecule has 0 fully saturated rings. The Labute approximate surface area is 108 Å². The molecule has 4 heteroatoms. The number of aliphatic hydroxyl groups excluding tert-OH is 1. The second-order valence-corrected chi connectivity index (χ2v) is 4.47. The minimum absolute atomic E-state index is 0.274. The molecule has 2 aromatic rings. The first kappa shape index (κ1) is 13.1. The molecule has 0 aliphatic heterocycles. The molecule has 0 bridgehead atoms. The summed E-state index contributed by atoms with van der Waals surface area (Å²) in [7, 11) is 0. The zero-order valence-corrected chi connectivity index (χ0v) is 11.1. The van der Waals surface area contributed by atoms with Crippen molar-refractivity contribution in [2.45, 2.75) is 39.5 Å². The van der Waals surface area contributed by atoms with Crippen LogP contribution in [0.15, 0.2) is 24.3 Å². The van der Waals surface area contributed by atoms with Crippen molar-refractivity contribution in [3.8, 4) is 0 Å². The molecule has 2 rings (SSSR count). The summed E-state index contributed by atoms with van der Waals surface area (Å²) >= 11 is 0. The maximum absolute atomic E-state index is 9.51. The average Bonchev–Trinajstić information content (AvgIpc) is 2.77. The van der Waals surface area contributed by atoms with Crippen molar-refractivity contribution in [2.24, 2.45) is 0 Å².